The molecule has 1 aromatic carbocycles. The number of carbonyl (C=O) groups is 4. The Bertz CT molecular complexity index is 1570. The van der Waals surface area contributed by atoms with Gasteiger partial charge in [0.05, 0.1) is 36.3 Å². The molecular formula is C36H56N6O7S. The Morgan fingerprint density at radius 2 is 1.50 bits per heavy atom. The smallest absolute Gasteiger partial charge is 0.254 e. The molecule has 4 N–H and O–H groups in total. The number of nitrogens with zero attached hydrogens (tertiary/aromatic N) is 3. The molecule has 2 rings (SSSR count). The number of aliphatic hydroxyl groups excluding tert-OH is 1. The molecule has 278 valence electrons. The molecule has 0 saturated carbocycles. The minimum atomic E-state index is -3.75. The number of nitrogens with one attached hydrogen (secondary N) is 3. The van der Waals surface area contributed by atoms with Gasteiger partial charge in [0.1, 0.15) is 6.04 Å². The summed E-state index contributed by atoms with van der Waals surface area (Å²) in [5.74, 6) is -2.31. The molecule has 13 nitrogen and oxygen atoms in total. The van der Waals surface area contributed by atoms with Crippen molar-refractivity contribution in [2.45, 2.75) is 86.0 Å². The van der Waals surface area contributed by atoms with Crippen molar-refractivity contribution in [1.82, 2.24) is 25.8 Å². The number of hydrogen-bond acceptors (Lipinski definition) is 8. The molecule has 0 radical (unpaired) electrons. The predicted molar refractivity (Wildman–Crippen MR) is 195 cm³/mol. The van der Waals surface area contributed by atoms with Crippen molar-refractivity contribution >= 4 is 39.3 Å². The highest BCUT2D eigenvalue weighted by Crippen LogP contribution is 2.23. The van der Waals surface area contributed by atoms with Gasteiger partial charge in [-0.15, -0.1) is 0 Å². The molecule has 0 spiro atoms. The molecular weight excluding hydrogens is 660 g/mol. The Kier molecular flexibility index (Phi) is 15.9. The summed E-state index contributed by atoms with van der Waals surface area (Å²) in [4.78, 5) is 58.9. The zero-order chi connectivity index (χ0) is 37.9. The van der Waals surface area contributed by atoms with Gasteiger partial charge in [-0.1, -0.05) is 54.5 Å². The molecule has 4 atom stereocenters. The molecule has 4 amide bonds. The van der Waals surface area contributed by atoms with Crippen molar-refractivity contribution in [2.24, 2.45) is 23.7 Å². The van der Waals surface area contributed by atoms with Crippen molar-refractivity contribution in [3.05, 3.63) is 59.4 Å². The summed E-state index contributed by atoms with van der Waals surface area (Å²) in [6.07, 6.45) is 1.86. The summed E-state index contributed by atoms with van der Waals surface area (Å²) in [5.41, 5.74) is 0.864. The van der Waals surface area contributed by atoms with E-state index < -0.39 is 51.9 Å². The van der Waals surface area contributed by atoms with Crippen LogP contribution in [0.2, 0.25) is 0 Å². The van der Waals surface area contributed by atoms with E-state index in [0.29, 0.717) is 18.7 Å². The number of sulfonamides is 1. The van der Waals surface area contributed by atoms with Crippen LogP contribution in [0.25, 0.3) is 0 Å². The van der Waals surface area contributed by atoms with Crippen molar-refractivity contribution in [1.29, 1.82) is 0 Å². The van der Waals surface area contributed by atoms with Gasteiger partial charge in [0, 0.05) is 43.9 Å². The van der Waals surface area contributed by atoms with Crippen LogP contribution in [0.3, 0.4) is 0 Å². The van der Waals surface area contributed by atoms with Crippen molar-refractivity contribution < 1.29 is 32.7 Å². The van der Waals surface area contributed by atoms with Crippen LogP contribution in [0.1, 0.15) is 87.7 Å². The van der Waals surface area contributed by atoms with Gasteiger partial charge in [0.25, 0.3) is 11.8 Å². The maximum Gasteiger partial charge on any atom is 0.254 e. The minimum absolute atomic E-state index is 0.000830. The zero-order valence-corrected chi connectivity index (χ0v) is 31.9. The van der Waals surface area contributed by atoms with Crippen LogP contribution < -0.4 is 20.3 Å². The van der Waals surface area contributed by atoms with Gasteiger partial charge in [-0.05, 0) is 60.9 Å². The van der Waals surface area contributed by atoms with Gasteiger partial charge in [-0.25, -0.2) is 8.42 Å². The van der Waals surface area contributed by atoms with Crippen molar-refractivity contribution in [3.63, 3.8) is 0 Å². The maximum absolute atomic E-state index is 13.8. The third kappa shape index (κ3) is 13.0. The summed E-state index contributed by atoms with van der Waals surface area (Å²) in [5, 5.41) is 19.9. The maximum atomic E-state index is 13.8. The van der Waals surface area contributed by atoms with Gasteiger partial charge >= 0.3 is 0 Å². The van der Waals surface area contributed by atoms with Crippen LogP contribution in [0.15, 0.2) is 42.6 Å². The molecule has 14 heteroatoms. The first-order valence-electron chi connectivity index (χ1n) is 17.0. The predicted octanol–water partition coefficient (Wildman–Crippen LogP) is 3.19. The van der Waals surface area contributed by atoms with Crippen LogP contribution >= 0.6 is 0 Å². The number of benzene rings is 1. The van der Waals surface area contributed by atoms with E-state index in [1.807, 2.05) is 41.5 Å². The summed E-state index contributed by atoms with van der Waals surface area (Å²) < 4.78 is 25.9. The van der Waals surface area contributed by atoms with Gasteiger partial charge in [0.15, 0.2) is 0 Å². The summed E-state index contributed by atoms with van der Waals surface area (Å²) in [7, 11) is -0.839. The average Bonchev–Trinajstić information content (AvgIpc) is 3.04. The monoisotopic (exact) mass is 716 g/mol. The largest absolute Gasteiger partial charge is 0.391 e. The number of anilines is 1. The Hall–Kier alpha value is -4.04. The number of carbonyl (C=O) groups excluding carboxylic acids is 4. The van der Waals surface area contributed by atoms with Gasteiger partial charge < -0.3 is 26.0 Å². The highest BCUT2D eigenvalue weighted by Gasteiger charge is 2.31. The summed E-state index contributed by atoms with van der Waals surface area (Å²) >= 11 is 0. The van der Waals surface area contributed by atoms with E-state index >= 15 is 0 Å². The molecule has 50 heavy (non-hydrogen) atoms. The third-order valence-electron chi connectivity index (χ3n) is 8.24. The molecule has 2 aromatic rings. The average molecular weight is 717 g/mol. The molecule has 4 unspecified atom stereocenters. The Morgan fingerprint density at radius 3 is 2.04 bits per heavy atom. The molecule has 0 aliphatic rings. The Balaban J connectivity index is 2.32. The lowest BCUT2D eigenvalue weighted by Crippen LogP contribution is -2.52. The number of aromatic nitrogens is 1. The van der Waals surface area contributed by atoms with E-state index in [0.717, 1.165) is 10.6 Å². The topological polar surface area (TPSA) is 178 Å². The lowest BCUT2D eigenvalue weighted by atomic mass is 9.91. The third-order valence-corrected chi connectivity index (χ3v) is 9.45. The number of pyridine rings is 1. The van der Waals surface area contributed by atoms with Gasteiger partial charge in [0.2, 0.25) is 21.8 Å². The fourth-order valence-electron chi connectivity index (χ4n) is 5.22. The molecule has 0 aliphatic heterocycles. The van der Waals surface area contributed by atoms with Crippen LogP contribution in [0, 0.1) is 23.7 Å². The van der Waals surface area contributed by atoms with Crippen LogP contribution in [0.4, 0.5) is 5.69 Å². The zero-order valence-electron chi connectivity index (χ0n) is 31.1. The molecule has 0 bridgehead atoms. The number of rotatable bonds is 18. The number of hydrogen-bond donors (Lipinski definition) is 4. The van der Waals surface area contributed by atoms with Crippen molar-refractivity contribution in [3.8, 4) is 0 Å². The fourth-order valence-corrected chi connectivity index (χ4v) is 5.70. The second-order valence-corrected chi connectivity index (χ2v) is 16.3. The standard InChI is InChI=1S/C36H56N6O7S/c1-22(2)15-30(31(43)16-25(7)33(44)40-32(24(5)6)35(46)38-20-23(3)4)39-34(45)26-17-27(19-29(18-26)42(9)50(10,48)49)36(47)41(8)21-28-13-11-12-14-37-28/h11-14,17-19,22-25,30-32,43H,15-16,20-21H2,1-10H3,(H,38,46)(H,39,45)(H,40,44). The second kappa shape index (κ2) is 18.8. The molecule has 0 fully saturated rings. The first kappa shape index (κ1) is 42.1. The van der Waals surface area contributed by atoms with Gasteiger partial charge in [-0.3, -0.25) is 28.5 Å². The minimum Gasteiger partial charge on any atom is -0.391 e. The summed E-state index contributed by atoms with van der Waals surface area (Å²) in [6.45, 7) is 13.8. The molecule has 1 heterocycles. The van der Waals surface area contributed by atoms with E-state index in [9.17, 15) is 32.7 Å². The van der Waals surface area contributed by atoms with E-state index in [1.54, 1.807) is 38.4 Å². The van der Waals surface area contributed by atoms with E-state index in [-0.39, 0.29) is 53.4 Å². The van der Waals surface area contributed by atoms with Gasteiger partial charge in [-0.2, -0.15) is 0 Å². The molecule has 1 aromatic heterocycles. The number of aliphatic hydroxyl groups is 1. The summed E-state index contributed by atoms with van der Waals surface area (Å²) in [6, 6.07) is 7.97. The normalized spacial score (nSPS) is 14.1. The number of amides is 4. The highest BCUT2D eigenvalue weighted by atomic mass is 32.2. The van der Waals surface area contributed by atoms with E-state index in [2.05, 4.69) is 20.9 Å². The molecule has 0 saturated heterocycles. The fraction of sp³-hybridized carbons (Fsp3) is 0.583. The SMILES string of the molecule is CC(C)CNC(=O)C(NC(=O)C(C)CC(O)C(CC(C)C)NC(=O)c1cc(C(=O)N(C)Cc2ccccn2)cc(N(C)S(C)(=O)=O)c1)C(C)C. The lowest BCUT2D eigenvalue weighted by Gasteiger charge is -2.29. The highest BCUT2D eigenvalue weighted by molar-refractivity contribution is 7.92. The Labute approximate surface area is 297 Å². The van der Waals surface area contributed by atoms with Crippen LogP contribution in [-0.4, -0.2) is 92.1 Å². The second-order valence-electron chi connectivity index (χ2n) is 14.3. The van der Waals surface area contributed by atoms with E-state index in [1.165, 1.54) is 30.1 Å². The van der Waals surface area contributed by atoms with Crippen molar-refractivity contribution in [2.75, 3.05) is 31.2 Å². The Morgan fingerprint density at radius 1 is 0.860 bits per heavy atom. The van der Waals surface area contributed by atoms with Crippen LogP contribution in [-0.2, 0) is 26.2 Å². The van der Waals surface area contributed by atoms with Crippen LogP contribution in [0.5, 0.6) is 0 Å². The lowest BCUT2D eigenvalue weighted by molar-refractivity contribution is -0.132. The first-order valence-corrected chi connectivity index (χ1v) is 18.9. The first-order chi connectivity index (χ1) is 23.2. The quantitative estimate of drug-likeness (QED) is 0.182. The van der Waals surface area contributed by atoms with E-state index in [4.69, 9.17) is 0 Å². The molecule has 0 aliphatic carbocycles.